The van der Waals surface area contributed by atoms with Crippen LogP contribution < -0.4 is 0 Å². The molecule has 0 saturated heterocycles. The Bertz CT molecular complexity index is 414. The summed E-state index contributed by atoms with van der Waals surface area (Å²) in [7, 11) is 0. The second kappa shape index (κ2) is 13.2. The van der Waals surface area contributed by atoms with Gasteiger partial charge in [-0.3, -0.25) is 0 Å². The van der Waals surface area contributed by atoms with Gasteiger partial charge in [0.1, 0.15) is 0 Å². The van der Waals surface area contributed by atoms with E-state index >= 15 is 0 Å². The fraction of sp³-hybridized carbons (Fsp3) is 0.769. The molecule has 0 radical (unpaired) electrons. The number of hydrogen-bond donors (Lipinski definition) is 0. The SMILES string of the molecule is CCCCC1CCC(/C=C/C#C/C=C/C2CCC(CCCC)CC2)CC1. The van der Waals surface area contributed by atoms with E-state index in [1.165, 1.54) is 89.9 Å². The molecule has 0 aromatic heterocycles. The Balaban J connectivity index is 1.59. The molecule has 2 aliphatic carbocycles. The fourth-order valence-electron chi connectivity index (χ4n) is 4.79. The lowest BCUT2D eigenvalue weighted by molar-refractivity contribution is 0.290. The summed E-state index contributed by atoms with van der Waals surface area (Å²) in [6.07, 6.45) is 28.7. The second-order valence-electron chi connectivity index (χ2n) is 8.85. The summed E-state index contributed by atoms with van der Waals surface area (Å²) in [5, 5.41) is 0. The molecule has 0 heterocycles. The lowest BCUT2D eigenvalue weighted by atomic mass is 9.79. The molecule has 0 nitrogen and oxygen atoms in total. The lowest BCUT2D eigenvalue weighted by Gasteiger charge is -2.26. The third-order valence-corrected chi connectivity index (χ3v) is 6.70. The summed E-state index contributed by atoms with van der Waals surface area (Å²) < 4.78 is 0. The van der Waals surface area contributed by atoms with E-state index in [1.54, 1.807) is 0 Å². The van der Waals surface area contributed by atoms with Crippen molar-refractivity contribution in [3.8, 4) is 11.8 Å². The van der Waals surface area contributed by atoms with Crippen molar-refractivity contribution in [2.45, 2.75) is 104 Å². The van der Waals surface area contributed by atoms with Crippen LogP contribution in [-0.4, -0.2) is 0 Å². The monoisotopic (exact) mass is 354 g/mol. The highest BCUT2D eigenvalue weighted by Crippen LogP contribution is 2.33. The van der Waals surface area contributed by atoms with E-state index in [0.29, 0.717) is 0 Å². The van der Waals surface area contributed by atoms with E-state index in [4.69, 9.17) is 0 Å². The van der Waals surface area contributed by atoms with Crippen LogP contribution in [0.5, 0.6) is 0 Å². The van der Waals surface area contributed by atoms with Crippen LogP contribution in [0.25, 0.3) is 0 Å². The number of unbranched alkanes of at least 4 members (excludes halogenated alkanes) is 2. The van der Waals surface area contributed by atoms with Gasteiger partial charge in [0.05, 0.1) is 0 Å². The molecule has 0 bridgehead atoms. The van der Waals surface area contributed by atoms with Crippen molar-refractivity contribution in [3.05, 3.63) is 24.3 Å². The summed E-state index contributed by atoms with van der Waals surface area (Å²) in [6.45, 7) is 4.61. The van der Waals surface area contributed by atoms with E-state index in [-0.39, 0.29) is 0 Å². The van der Waals surface area contributed by atoms with Gasteiger partial charge >= 0.3 is 0 Å². The minimum absolute atomic E-state index is 0.782. The first-order valence-electron chi connectivity index (χ1n) is 11.7. The van der Waals surface area contributed by atoms with Crippen LogP contribution in [0.4, 0.5) is 0 Å². The Morgan fingerprint density at radius 1 is 0.615 bits per heavy atom. The maximum Gasteiger partial charge on any atom is -0.0153 e. The van der Waals surface area contributed by atoms with Gasteiger partial charge in [-0.1, -0.05) is 76.4 Å². The molecule has 2 rings (SSSR count). The van der Waals surface area contributed by atoms with Gasteiger partial charge in [-0.2, -0.15) is 0 Å². The van der Waals surface area contributed by atoms with Crippen LogP contribution in [0, 0.1) is 35.5 Å². The molecule has 26 heavy (non-hydrogen) atoms. The predicted octanol–water partition coefficient (Wildman–Crippen LogP) is 8.10. The van der Waals surface area contributed by atoms with Crippen molar-refractivity contribution in [1.29, 1.82) is 0 Å². The van der Waals surface area contributed by atoms with E-state index < -0.39 is 0 Å². The van der Waals surface area contributed by atoms with Crippen LogP contribution in [0.2, 0.25) is 0 Å². The normalized spacial score (nSPS) is 29.8. The van der Waals surface area contributed by atoms with Crippen LogP contribution >= 0.6 is 0 Å². The van der Waals surface area contributed by atoms with Gasteiger partial charge in [0, 0.05) is 0 Å². The molecule has 2 aliphatic rings. The molecule has 0 aromatic rings. The van der Waals surface area contributed by atoms with Gasteiger partial charge in [-0.05, 0) is 87.2 Å². The van der Waals surface area contributed by atoms with Gasteiger partial charge < -0.3 is 0 Å². The minimum Gasteiger partial charge on any atom is -0.0730 e. The third-order valence-electron chi connectivity index (χ3n) is 6.70. The summed E-state index contributed by atoms with van der Waals surface area (Å²) in [4.78, 5) is 0. The molecular formula is C26H42. The molecule has 0 heteroatoms. The number of hydrogen-bond acceptors (Lipinski definition) is 0. The first-order valence-corrected chi connectivity index (χ1v) is 11.7. The molecule has 2 fully saturated rings. The lowest BCUT2D eigenvalue weighted by Crippen LogP contribution is -2.12. The molecule has 0 atom stereocenters. The number of allylic oxidation sites excluding steroid dienone is 4. The smallest absolute Gasteiger partial charge is 0.0153 e. The molecule has 0 amide bonds. The van der Waals surface area contributed by atoms with Crippen molar-refractivity contribution in [2.24, 2.45) is 23.7 Å². The van der Waals surface area contributed by atoms with Crippen molar-refractivity contribution in [3.63, 3.8) is 0 Å². The topological polar surface area (TPSA) is 0 Å². The Hall–Kier alpha value is -0.960. The molecule has 0 aliphatic heterocycles. The van der Waals surface area contributed by atoms with Gasteiger partial charge in [-0.15, -0.1) is 0 Å². The summed E-state index contributed by atoms with van der Waals surface area (Å²) in [6, 6.07) is 0. The average Bonchev–Trinajstić information content (AvgIpc) is 2.69. The average molecular weight is 355 g/mol. The summed E-state index contributed by atoms with van der Waals surface area (Å²) in [5.74, 6) is 10.0. The summed E-state index contributed by atoms with van der Waals surface area (Å²) in [5.41, 5.74) is 0. The van der Waals surface area contributed by atoms with E-state index in [1.807, 2.05) is 0 Å². The van der Waals surface area contributed by atoms with Crippen LogP contribution in [0.3, 0.4) is 0 Å². The molecule has 0 aromatic carbocycles. The Morgan fingerprint density at radius 3 is 1.35 bits per heavy atom. The van der Waals surface area contributed by atoms with Crippen molar-refractivity contribution >= 4 is 0 Å². The zero-order valence-electron chi connectivity index (χ0n) is 17.5. The zero-order valence-corrected chi connectivity index (χ0v) is 17.5. The van der Waals surface area contributed by atoms with E-state index in [2.05, 4.69) is 50.0 Å². The second-order valence-corrected chi connectivity index (χ2v) is 8.85. The molecule has 0 spiro atoms. The standard InChI is InChI=1S/C26H42/c1-3-5-11-23-15-19-25(20-16-23)13-9-7-8-10-14-26-21-17-24(18-22-26)12-6-4-2/h9-10,13-14,23-26H,3-6,11-12,15-22H2,1-2H3/b13-9+,14-10+. The van der Waals surface area contributed by atoms with E-state index in [9.17, 15) is 0 Å². The maximum atomic E-state index is 3.24. The highest BCUT2D eigenvalue weighted by Gasteiger charge is 2.19. The van der Waals surface area contributed by atoms with Gasteiger partial charge in [0.2, 0.25) is 0 Å². The fourth-order valence-corrected chi connectivity index (χ4v) is 4.79. The van der Waals surface area contributed by atoms with Gasteiger partial charge in [0.15, 0.2) is 0 Å². The molecular weight excluding hydrogens is 312 g/mol. The largest absolute Gasteiger partial charge is 0.0730 e. The highest BCUT2D eigenvalue weighted by molar-refractivity contribution is 5.24. The predicted molar refractivity (Wildman–Crippen MR) is 116 cm³/mol. The van der Waals surface area contributed by atoms with Crippen LogP contribution in [0.15, 0.2) is 24.3 Å². The van der Waals surface area contributed by atoms with Crippen molar-refractivity contribution in [2.75, 3.05) is 0 Å². The summed E-state index contributed by atoms with van der Waals surface area (Å²) >= 11 is 0. The first-order chi connectivity index (χ1) is 12.8. The zero-order chi connectivity index (χ0) is 18.5. The van der Waals surface area contributed by atoms with E-state index in [0.717, 1.165) is 23.7 Å². The van der Waals surface area contributed by atoms with Gasteiger partial charge in [0.25, 0.3) is 0 Å². The molecule has 2 saturated carbocycles. The molecule has 0 N–H and O–H groups in total. The Morgan fingerprint density at radius 2 is 1.00 bits per heavy atom. The Kier molecular flexibility index (Phi) is 10.9. The molecule has 0 unspecified atom stereocenters. The van der Waals surface area contributed by atoms with Gasteiger partial charge in [-0.25, -0.2) is 0 Å². The quantitative estimate of drug-likeness (QED) is 0.386. The van der Waals surface area contributed by atoms with Crippen LogP contribution in [-0.2, 0) is 0 Å². The van der Waals surface area contributed by atoms with Crippen molar-refractivity contribution in [1.82, 2.24) is 0 Å². The maximum absolute atomic E-state index is 3.24. The van der Waals surface area contributed by atoms with Crippen molar-refractivity contribution < 1.29 is 0 Å². The number of rotatable bonds is 8. The first kappa shape index (κ1) is 21.3. The molecule has 146 valence electrons. The van der Waals surface area contributed by atoms with Crippen LogP contribution in [0.1, 0.15) is 104 Å². The minimum atomic E-state index is 0.782. The Labute approximate surface area is 163 Å². The third kappa shape index (κ3) is 8.62. The highest BCUT2D eigenvalue weighted by atomic mass is 14.2.